The monoisotopic (exact) mass is 280 g/mol. The first kappa shape index (κ1) is 14.6. The largest absolute Gasteiger partial charge is 0.306 e. The predicted octanol–water partition coefficient (Wildman–Crippen LogP) is 2.49. The molecular formula is C14H18F2N4. The van der Waals surface area contributed by atoms with Crippen LogP contribution in [0.2, 0.25) is 0 Å². The number of rotatable bonds is 4. The Morgan fingerprint density at radius 1 is 1.25 bits per heavy atom. The van der Waals surface area contributed by atoms with E-state index >= 15 is 0 Å². The molecule has 0 radical (unpaired) electrons. The molecule has 2 rings (SSSR count). The molecule has 1 N–H and O–H groups in total. The van der Waals surface area contributed by atoms with Gasteiger partial charge in [0.15, 0.2) is 0 Å². The molecule has 0 saturated carbocycles. The number of hydrogen-bond donors (Lipinski definition) is 1. The fourth-order valence-electron chi connectivity index (χ4n) is 1.69. The third-order valence-electron chi connectivity index (χ3n) is 2.73. The highest BCUT2D eigenvalue weighted by Crippen LogP contribution is 2.11. The number of halogens is 2. The van der Waals surface area contributed by atoms with E-state index in [0.717, 1.165) is 17.8 Å². The standard InChI is InChI=1S/C14H18F2N4/c1-14(2,3)17-7-12-9-20(19-18-12)8-10-6-11(15)4-5-13(10)16/h4-6,9,17H,7-8H2,1-3H3. The van der Waals surface area contributed by atoms with E-state index in [4.69, 9.17) is 0 Å². The summed E-state index contributed by atoms with van der Waals surface area (Å²) in [7, 11) is 0. The van der Waals surface area contributed by atoms with Crippen molar-refractivity contribution in [1.29, 1.82) is 0 Å². The van der Waals surface area contributed by atoms with Crippen LogP contribution in [0, 0.1) is 11.6 Å². The molecule has 0 spiro atoms. The van der Waals surface area contributed by atoms with E-state index in [9.17, 15) is 8.78 Å². The van der Waals surface area contributed by atoms with Gasteiger partial charge >= 0.3 is 0 Å². The number of nitrogens with one attached hydrogen (secondary N) is 1. The van der Waals surface area contributed by atoms with Gasteiger partial charge in [-0.25, -0.2) is 13.5 Å². The van der Waals surface area contributed by atoms with E-state index in [1.807, 2.05) is 0 Å². The molecule has 108 valence electrons. The van der Waals surface area contributed by atoms with Crippen molar-refractivity contribution >= 4 is 0 Å². The summed E-state index contributed by atoms with van der Waals surface area (Å²) < 4.78 is 28.1. The van der Waals surface area contributed by atoms with Gasteiger partial charge in [0.05, 0.1) is 18.4 Å². The lowest BCUT2D eigenvalue weighted by Crippen LogP contribution is -2.35. The summed E-state index contributed by atoms with van der Waals surface area (Å²) in [6, 6.07) is 3.38. The molecule has 0 aliphatic carbocycles. The van der Waals surface area contributed by atoms with Crippen molar-refractivity contribution in [2.24, 2.45) is 0 Å². The Morgan fingerprint density at radius 3 is 2.70 bits per heavy atom. The number of benzene rings is 1. The van der Waals surface area contributed by atoms with Crippen LogP contribution in [0.25, 0.3) is 0 Å². The highest BCUT2D eigenvalue weighted by Gasteiger charge is 2.11. The molecule has 0 saturated heterocycles. The fraction of sp³-hybridized carbons (Fsp3) is 0.429. The molecule has 0 aliphatic heterocycles. The molecule has 0 fully saturated rings. The van der Waals surface area contributed by atoms with E-state index < -0.39 is 11.6 Å². The zero-order chi connectivity index (χ0) is 14.8. The normalized spacial score (nSPS) is 11.8. The van der Waals surface area contributed by atoms with Crippen molar-refractivity contribution in [3.05, 3.63) is 47.3 Å². The number of hydrogen-bond acceptors (Lipinski definition) is 3. The van der Waals surface area contributed by atoms with Gasteiger partial charge in [0.1, 0.15) is 11.6 Å². The molecule has 20 heavy (non-hydrogen) atoms. The maximum atomic E-state index is 13.5. The Bertz CT molecular complexity index is 587. The van der Waals surface area contributed by atoms with Gasteiger partial charge < -0.3 is 5.32 Å². The van der Waals surface area contributed by atoms with Gasteiger partial charge in [0.2, 0.25) is 0 Å². The first-order valence-electron chi connectivity index (χ1n) is 6.41. The maximum absolute atomic E-state index is 13.5. The van der Waals surface area contributed by atoms with E-state index in [2.05, 4.69) is 36.4 Å². The smallest absolute Gasteiger partial charge is 0.128 e. The number of nitrogens with zero attached hydrogens (tertiary/aromatic N) is 3. The minimum atomic E-state index is -0.462. The van der Waals surface area contributed by atoms with Gasteiger partial charge in [-0.1, -0.05) is 5.21 Å². The quantitative estimate of drug-likeness (QED) is 0.935. The molecule has 6 heteroatoms. The van der Waals surface area contributed by atoms with Crippen LogP contribution in [0.5, 0.6) is 0 Å². The highest BCUT2D eigenvalue weighted by molar-refractivity contribution is 5.19. The van der Waals surface area contributed by atoms with E-state index in [1.165, 1.54) is 10.7 Å². The number of aromatic nitrogens is 3. The van der Waals surface area contributed by atoms with Gasteiger partial charge in [0.25, 0.3) is 0 Å². The molecule has 4 nitrogen and oxygen atoms in total. The molecule has 1 aromatic heterocycles. The topological polar surface area (TPSA) is 42.7 Å². The van der Waals surface area contributed by atoms with Crippen molar-refractivity contribution in [3.63, 3.8) is 0 Å². The van der Waals surface area contributed by atoms with Crippen molar-refractivity contribution in [3.8, 4) is 0 Å². The predicted molar refractivity (Wildman–Crippen MR) is 72.1 cm³/mol. The van der Waals surface area contributed by atoms with Gasteiger partial charge in [-0.05, 0) is 39.0 Å². The van der Waals surface area contributed by atoms with Crippen molar-refractivity contribution in [2.45, 2.75) is 39.4 Å². The molecule has 0 bridgehead atoms. The summed E-state index contributed by atoms with van der Waals surface area (Å²) >= 11 is 0. The molecule has 2 aromatic rings. The Kier molecular flexibility index (Phi) is 4.13. The van der Waals surface area contributed by atoms with Crippen molar-refractivity contribution in [1.82, 2.24) is 20.3 Å². The Morgan fingerprint density at radius 2 is 2.00 bits per heavy atom. The van der Waals surface area contributed by atoms with Crippen LogP contribution in [-0.4, -0.2) is 20.5 Å². The lowest BCUT2D eigenvalue weighted by molar-refractivity contribution is 0.421. The second-order valence-electron chi connectivity index (χ2n) is 5.75. The van der Waals surface area contributed by atoms with Crippen molar-refractivity contribution < 1.29 is 8.78 Å². The van der Waals surface area contributed by atoms with E-state index in [0.29, 0.717) is 6.54 Å². The van der Waals surface area contributed by atoms with E-state index in [1.54, 1.807) is 6.20 Å². The second-order valence-corrected chi connectivity index (χ2v) is 5.75. The van der Waals surface area contributed by atoms with Crippen LogP contribution in [0.1, 0.15) is 32.0 Å². The van der Waals surface area contributed by atoms with Gasteiger partial charge in [-0.3, -0.25) is 0 Å². The van der Waals surface area contributed by atoms with E-state index in [-0.39, 0.29) is 17.6 Å². The van der Waals surface area contributed by atoms with Crippen LogP contribution >= 0.6 is 0 Å². The van der Waals surface area contributed by atoms with Gasteiger partial charge in [0, 0.05) is 17.6 Å². The molecule has 0 amide bonds. The van der Waals surface area contributed by atoms with Crippen LogP contribution in [0.4, 0.5) is 8.78 Å². The molecule has 1 heterocycles. The average Bonchev–Trinajstić information content (AvgIpc) is 2.78. The summed E-state index contributed by atoms with van der Waals surface area (Å²) in [6.45, 7) is 6.90. The third kappa shape index (κ3) is 4.09. The van der Waals surface area contributed by atoms with Crippen LogP contribution in [0.3, 0.4) is 0 Å². The zero-order valence-corrected chi connectivity index (χ0v) is 11.8. The highest BCUT2D eigenvalue weighted by atomic mass is 19.1. The summed E-state index contributed by atoms with van der Waals surface area (Å²) in [5.74, 6) is -0.910. The minimum absolute atomic E-state index is 0.0154. The molecule has 0 atom stereocenters. The lowest BCUT2D eigenvalue weighted by atomic mass is 10.1. The maximum Gasteiger partial charge on any atom is 0.128 e. The van der Waals surface area contributed by atoms with Crippen molar-refractivity contribution in [2.75, 3.05) is 0 Å². The molecule has 0 unspecified atom stereocenters. The van der Waals surface area contributed by atoms with Crippen LogP contribution in [0.15, 0.2) is 24.4 Å². The first-order valence-corrected chi connectivity index (χ1v) is 6.41. The Balaban J connectivity index is 2.04. The average molecular weight is 280 g/mol. The Hall–Kier alpha value is -1.82. The molecule has 1 aromatic carbocycles. The zero-order valence-electron chi connectivity index (χ0n) is 11.8. The fourth-order valence-corrected chi connectivity index (χ4v) is 1.69. The SMILES string of the molecule is CC(C)(C)NCc1cn(Cc2cc(F)ccc2F)nn1. The summed E-state index contributed by atoms with van der Waals surface area (Å²) in [6.07, 6.45) is 1.73. The van der Waals surface area contributed by atoms with Gasteiger partial charge in [-0.15, -0.1) is 5.10 Å². The van der Waals surface area contributed by atoms with Gasteiger partial charge in [-0.2, -0.15) is 0 Å². The summed E-state index contributed by atoms with van der Waals surface area (Å²) in [5.41, 5.74) is 1.00. The summed E-state index contributed by atoms with van der Waals surface area (Å²) in [4.78, 5) is 0. The Labute approximate surface area is 116 Å². The van der Waals surface area contributed by atoms with Crippen LogP contribution in [-0.2, 0) is 13.1 Å². The summed E-state index contributed by atoms with van der Waals surface area (Å²) in [5, 5.41) is 11.2. The molecular weight excluding hydrogens is 262 g/mol. The third-order valence-corrected chi connectivity index (χ3v) is 2.73. The first-order chi connectivity index (χ1) is 9.33. The van der Waals surface area contributed by atoms with Crippen LogP contribution < -0.4 is 5.32 Å². The molecule has 0 aliphatic rings. The minimum Gasteiger partial charge on any atom is -0.306 e. The second kappa shape index (κ2) is 5.66. The lowest BCUT2D eigenvalue weighted by Gasteiger charge is -2.19.